The Morgan fingerprint density at radius 2 is 1.96 bits per heavy atom. The zero-order valence-corrected chi connectivity index (χ0v) is 14.9. The number of nitrogens with zero attached hydrogens (tertiary/aromatic N) is 4. The zero-order valence-electron chi connectivity index (χ0n) is 14.9. The van der Waals surface area contributed by atoms with Crippen LogP contribution in [0, 0.1) is 5.92 Å². The topological polar surface area (TPSA) is 98.1 Å². The lowest BCUT2D eigenvalue weighted by molar-refractivity contribution is -0.122. The minimum absolute atomic E-state index is 0.108. The number of nitrogens with one attached hydrogen (secondary N) is 1. The van der Waals surface area contributed by atoms with E-state index in [1.165, 1.54) is 0 Å². The fourth-order valence-electron chi connectivity index (χ4n) is 3.47. The van der Waals surface area contributed by atoms with Crippen LogP contribution in [0.15, 0.2) is 42.6 Å². The monoisotopic (exact) mass is 379 g/mol. The Bertz CT molecular complexity index is 1080. The molecule has 2 amide bonds. The maximum atomic E-state index is 12.7. The SMILES string of the molecule is O=C(Nc1nnc2ccccn12)C1CC(=O)N(c2ccc3c(c2)OCCO3)C1. The number of benzene rings is 1. The van der Waals surface area contributed by atoms with Crippen molar-refractivity contribution in [3.05, 3.63) is 42.6 Å². The number of fused-ring (bicyclic) bond motifs is 2. The van der Waals surface area contributed by atoms with Crippen molar-refractivity contribution in [1.82, 2.24) is 14.6 Å². The molecule has 0 radical (unpaired) electrons. The third-order valence-corrected chi connectivity index (χ3v) is 4.88. The summed E-state index contributed by atoms with van der Waals surface area (Å²) in [5, 5.41) is 10.8. The molecule has 142 valence electrons. The van der Waals surface area contributed by atoms with Crippen molar-refractivity contribution in [1.29, 1.82) is 0 Å². The fraction of sp³-hybridized carbons (Fsp3) is 0.263. The number of hydrogen-bond donors (Lipinski definition) is 1. The predicted molar refractivity (Wildman–Crippen MR) is 99.5 cm³/mol. The normalized spacial score (nSPS) is 18.5. The van der Waals surface area contributed by atoms with Gasteiger partial charge in [-0.15, -0.1) is 10.2 Å². The smallest absolute Gasteiger partial charge is 0.235 e. The summed E-state index contributed by atoms with van der Waals surface area (Å²) < 4.78 is 12.8. The summed E-state index contributed by atoms with van der Waals surface area (Å²) >= 11 is 0. The molecule has 3 aromatic rings. The fourth-order valence-corrected chi connectivity index (χ4v) is 3.47. The lowest BCUT2D eigenvalue weighted by Gasteiger charge is -2.22. The average Bonchev–Trinajstić information content (AvgIpc) is 3.31. The first-order valence-corrected chi connectivity index (χ1v) is 9.00. The van der Waals surface area contributed by atoms with Crippen LogP contribution in [0.3, 0.4) is 0 Å². The van der Waals surface area contributed by atoms with Gasteiger partial charge in [-0.05, 0) is 24.3 Å². The lowest BCUT2D eigenvalue weighted by Crippen LogP contribution is -2.28. The number of pyridine rings is 1. The first-order chi connectivity index (χ1) is 13.7. The van der Waals surface area contributed by atoms with Crippen LogP contribution in [0.4, 0.5) is 11.6 Å². The van der Waals surface area contributed by atoms with E-state index in [1.54, 1.807) is 39.8 Å². The van der Waals surface area contributed by atoms with Crippen LogP contribution in [-0.2, 0) is 9.59 Å². The standard InChI is InChI=1S/C19H17N5O4/c25-17-9-12(18(26)20-19-22-21-16-3-1-2-6-23(16)19)11-24(17)13-4-5-14-15(10-13)28-8-7-27-14/h1-6,10,12H,7-9,11H2,(H,20,22,26). The van der Waals surface area contributed by atoms with Crippen molar-refractivity contribution < 1.29 is 19.1 Å². The highest BCUT2D eigenvalue weighted by Crippen LogP contribution is 2.36. The van der Waals surface area contributed by atoms with Gasteiger partial charge in [0.25, 0.3) is 0 Å². The molecule has 2 aliphatic heterocycles. The Morgan fingerprint density at radius 1 is 1.11 bits per heavy atom. The maximum Gasteiger partial charge on any atom is 0.235 e. The van der Waals surface area contributed by atoms with E-state index >= 15 is 0 Å². The number of amides is 2. The van der Waals surface area contributed by atoms with Crippen LogP contribution < -0.4 is 19.7 Å². The van der Waals surface area contributed by atoms with Gasteiger partial charge in [-0.25, -0.2) is 0 Å². The molecule has 2 aromatic heterocycles. The first kappa shape index (κ1) is 16.5. The number of aromatic nitrogens is 3. The van der Waals surface area contributed by atoms with Crippen molar-refractivity contribution in [2.24, 2.45) is 5.92 Å². The Hall–Kier alpha value is -3.62. The molecule has 2 aliphatic rings. The first-order valence-electron chi connectivity index (χ1n) is 9.00. The van der Waals surface area contributed by atoms with Gasteiger partial charge in [0.15, 0.2) is 17.1 Å². The number of hydrogen-bond acceptors (Lipinski definition) is 6. The Balaban J connectivity index is 1.33. The van der Waals surface area contributed by atoms with Crippen LogP contribution in [0.5, 0.6) is 11.5 Å². The minimum atomic E-state index is -0.475. The molecule has 0 bridgehead atoms. The van der Waals surface area contributed by atoms with Crippen molar-refractivity contribution in [3.8, 4) is 11.5 Å². The van der Waals surface area contributed by atoms with Gasteiger partial charge in [-0.2, -0.15) is 0 Å². The number of rotatable bonds is 3. The van der Waals surface area contributed by atoms with Crippen molar-refractivity contribution in [2.45, 2.75) is 6.42 Å². The van der Waals surface area contributed by atoms with Gasteiger partial charge in [0.2, 0.25) is 17.8 Å². The molecule has 0 saturated carbocycles. The number of ether oxygens (including phenoxy) is 2. The van der Waals surface area contributed by atoms with E-state index in [2.05, 4.69) is 15.5 Å². The van der Waals surface area contributed by atoms with Crippen LogP contribution in [0.2, 0.25) is 0 Å². The molecular formula is C19H17N5O4. The van der Waals surface area contributed by atoms with Crippen molar-refractivity contribution in [2.75, 3.05) is 30.0 Å². The molecular weight excluding hydrogens is 362 g/mol. The maximum absolute atomic E-state index is 12.7. The molecule has 1 saturated heterocycles. The molecule has 0 aliphatic carbocycles. The van der Waals surface area contributed by atoms with Gasteiger partial charge in [0, 0.05) is 30.9 Å². The highest BCUT2D eigenvalue weighted by Gasteiger charge is 2.36. The molecule has 1 N–H and O–H groups in total. The Morgan fingerprint density at radius 3 is 2.86 bits per heavy atom. The van der Waals surface area contributed by atoms with E-state index in [0.717, 1.165) is 0 Å². The van der Waals surface area contributed by atoms with Gasteiger partial charge in [-0.1, -0.05) is 6.07 Å². The molecule has 1 unspecified atom stereocenters. The molecule has 9 nitrogen and oxygen atoms in total. The minimum Gasteiger partial charge on any atom is -0.486 e. The summed E-state index contributed by atoms with van der Waals surface area (Å²) in [5.41, 5.74) is 1.33. The average molecular weight is 379 g/mol. The number of carbonyl (C=O) groups excluding carboxylic acids is 2. The molecule has 28 heavy (non-hydrogen) atoms. The quantitative estimate of drug-likeness (QED) is 0.740. The third kappa shape index (κ3) is 2.81. The second kappa shape index (κ2) is 6.52. The summed E-state index contributed by atoms with van der Waals surface area (Å²) in [4.78, 5) is 26.8. The van der Waals surface area contributed by atoms with Gasteiger partial charge in [0.1, 0.15) is 13.2 Å². The van der Waals surface area contributed by atoms with Crippen LogP contribution in [-0.4, -0.2) is 46.2 Å². The summed E-state index contributed by atoms with van der Waals surface area (Å²) in [6.45, 7) is 1.28. The second-order valence-corrected chi connectivity index (χ2v) is 6.68. The van der Waals surface area contributed by atoms with Crippen LogP contribution >= 0.6 is 0 Å². The van der Waals surface area contributed by atoms with Crippen molar-refractivity contribution in [3.63, 3.8) is 0 Å². The second-order valence-electron chi connectivity index (χ2n) is 6.68. The number of anilines is 2. The molecule has 9 heteroatoms. The van der Waals surface area contributed by atoms with E-state index in [4.69, 9.17) is 9.47 Å². The predicted octanol–water partition coefficient (Wildman–Crippen LogP) is 1.49. The van der Waals surface area contributed by atoms with Gasteiger partial charge in [0.05, 0.1) is 5.92 Å². The van der Waals surface area contributed by atoms with E-state index < -0.39 is 5.92 Å². The molecule has 0 spiro atoms. The van der Waals surface area contributed by atoms with Crippen LogP contribution in [0.1, 0.15) is 6.42 Å². The third-order valence-electron chi connectivity index (χ3n) is 4.88. The Labute approximate surface area is 159 Å². The highest BCUT2D eigenvalue weighted by atomic mass is 16.6. The Kier molecular flexibility index (Phi) is 3.85. The van der Waals surface area contributed by atoms with Gasteiger partial charge < -0.3 is 14.4 Å². The molecule has 1 fully saturated rings. The molecule has 1 aromatic carbocycles. The zero-order chi connectivity index (χ0) is 19.1. The van der Waals surface area contributed by atoms with E-state index in [1.807, 2.05) is 12.1 Å². The van der Waals surface area contributed by atoms with E-state index in [9.17, 15) is 9.59 Å². The molecule has 4 heterocycles. The van der Waals surface area contributed by atoms with E-state index in [-0.39, 0.29) is 18.2 Å². The van der Waals surface area contributed by atoms with Crippen molar-refractivity contribution >= 4 is 29.1 Å². The van der Waals surface area contributed by atoms with Gasteiger partial charge in [-0.3, -0.25) is 19.3 Å². The molecule has 5 rings (SSSR count). The van der Waals surface area contributed by atoms with Gasteiger partial charge >= 0.3 is 0 Å². The lowest BCUT2D eigenvalue weighted by atomic mass is 10.1. The van der Waals surface area contributed by atoms with E-state index in [0.29, 0.717) is 48.5 Å². The summed E-state index contributed by atoms with van der Waals surface area (Å²) in [7, 11) is 0. The number of carbonyl (C=O) groups is 2. The summed E-state index contributed by atoms with van der Waals surface area (Å²) in [6.07, 6.45) is 1.91. The summed E-state index contributed by atoms with van der Waals surface area (Å²) in [6, 6.07) is 10.8. The molecule has 1 atom stereocenters. The summed E-state index contributed by atoms with van der Waals surface area (Å²) in [5.74, 6) is 0.770. The highest BCUT2D eigenvalue weighted by molar-refractivity contribution is 6.03. The van der Waals surface area contributed by atoms with Crippen LogP contribution in [0.25, 0.3) is 5.65 Å². The largest absolute Gasteiger partial charge is 0.486 e.